The van der Waals surface area contributed by atoms with Crippen LogP contribution >= 0.6 is 0 Å². The standard InChI is InChI=1S/C22H26N2O8/c1-13-9-8-10-14(11-23(13)21(28)32-22(2,3)4)24-12-15(19(26)30-6)17(25)18(29-5)16(24)20(27)31-7/h8-12H,1-7H3. The van der Waals surface area contributed by atoms with Gasteiger partial charge in [-0.2, -0.15) is 0 Å². The summed E-state index contributed by atoms with van der Waals surface area (Å²) in [5.41, 5.74) is -1.45. The minimum absolute atomic E-state index is 0.243. The van der Waals surface area contributed by atoms with Crippen LogP contribution in [0, 0.1) is 0 Å². The largest absolute Gasteiger partial charge is 0.491 e. The van der Waals surface area contributed by atoms with Crippen molar-refractivity contribution in [1.29, 1.82) is 0 Å². The summed E-state index contributed by atoms with van der Waals surface area (Å²) in [6.07, 6.45) is 6.74. The molecule has 1 aromatic heterocycles. The topological polar surface area (TPSA) is 113 Å². The maximum Gasteiger partial charge on any atom is 0.418 e. The van der Waals surface area contributed by atoms with Crippen molar-refractivity contribution in [3.63, 3.8) is 0 Å². The third-order valence-corrected chi connectivity index (χ3v) is 4.27. The fourth-order valence-electron chi connectivity index (χ4n) is 2.82. The molecule has 0 aromatic carbocycles. The molecule has 0 radical (unpaired) electrons. The first kappa shape index (κ1) is 24.4. The van der Waals surface area contributed by atoms with Crippen molar-refractivity contribution in [2.45, 2.75) is 33.3 Å². The maximum absolute atomic E-state index is 12.8. The van der Waals surface area contributed by atoms with Crippen LogP contribution in [0.15, 0.2) is 41.1 Å². The van der Waals surface area contributed by atoms with E-state index < -0.39 is 34.8 Å². The number of aromatic nitrogens is 1. The zero-order chi connectivity index (χ0) is 24.2. The third-order valence-electron chi connectivity index (χ3n) is 4.27. The molecule has 0 saturated heterocycles. The van der Waals surface area contributed by atoms with Gasteiger partial charge in [-0.05, 0) is 39.8 Å². The molecule has 32 heavy (non-hydrogen) atoms. The molecule has 1 aliphatic rings. The first-order valence-electron chi connectivity index (χ1n) is 9.54. The lowest BCUT2D eigenvalue weighted by atomic mass is 10.2. The zero-order valence-corrected chi connectivity index (χ0v) is 19.0. The Balaban J connectivity index is 2.82. The quantitative estimate of drug-likeness (QED) is 0.512. The molecule has 1 aromatic rings. The van der Waals surface area contributed by atoms with Gasteiger partial charge in [0.05, 0.1) is 27.0 Å². The van der Waals surface area contributed by atoms with Crippen LogP contribution in [0.3, 0.4) is 0 Å². The molecular formula is C22H26N2O8. The molecule has 2 heterocycles. The lowest BCUT2D eigenvalue weighted by Crippen LogP contribution is -2.33. The van der Waals surface area contributed by atoms with E-state index in [2.05, 4.69) is 4.74 Å². The van der Waals surface area contributed by atoms with Gasteiger partial charge in [0.2, 0.25) is 5.43 Å². The monoisotopic (exact) mass is 446 g/mol. The summed E-state index contributed by atoms with van der Waals surface area (Å²) in [6, 6.07) is 0. The highest BCUT2D eigenvalue weighted by atomic mass is 16.6. The van der Waals surface area contributed by atoms with E-state index in [9.17, 15) is 19.2 Å². The highest BCUT2D eigenvalue weighted by Crippen LogP contribution is 2.25. The summed E-state index contributed by atoms with van der Waals surface area (Å²) in [7, 11) is 3.45. The Morgan fingerprint density at radius 2 is 1.62 bits per heavy atom. The van der Waals surface area contributed by atoms with Crippen LogP contribution in [0.2, 0.25) is 0 Å². The summed E-state index contributed by atoms with van der Waals surface area (Å²) in [5.74, 6) is -2.22. The van der Waals surface area contributed by atoms with Gasteiger partial charge in [-0.15, -0.1) is 0 Å². The number of hydrogen-bond donors (Lipinski definition) is 0. The summed E-state index contributed by atoms with van der Waals surface area (Å²) in [4.78, 5) is 51.5. The number of carbonyl (C=O) groups is 3. The number of amides is 1. The van der Waals surface area contributed by atoms with E-state index in [-0.39, 0.29) is 17.0 Å². The average Bonchev–Trinajstić information content (AvgIpc) is 2.92. The second kappa shape index (κ2) is 9.54. The lowest BCUT2D eigenvalue weighted by Gasteiger charge is -2.26. The van der Waals surface area contributed by atoms with Crippen molar-refractivity contribution in [3.8, 4) is 5.75 Å². The van der Waals surface area contributed by atoms with E-state index in [0.29, 0.717) is 5.70 Å². The molecular weight excluding hydrogens is 420 g/mol. The van der Waals surface area contributed by atoms with Crippen LogP contribution in [0.4, 0.5) is 4.79 Å². The Bertz CT molecular complexity index is 1090. The number of carbonyl (C=O) groups excluding carboxylic acids is 3. The zero-order valence-electron chi connectivity index (χ0n) is 19.0. The molecule has 0 spiro atoms. The number of methoxy groups -OCH3 is 3. The van der Waals surface area contributed by atoms with Crippen LogP contribution in [0.1, 0.15) is 48.5 Å². The summed E-state index contributed by atoms with van der Waals surface area (Å²) < 4.78 is 21.3. The van der Waals surface area contributed by atoms with Gasteiger partial charge in [-0.1, -0.05) is 6.08 Å². The first-order valence-corrected chi connectivity index (χ1v) is 9.54. The van der Waals surface area contributed by atoms with E-state index >= 15 is 0 Å². The average molecular weight is 446 g/mol. The van der Waals surface area contributed by atoms with Gasteiger partial charge in [0.25, 0.3) is 0 Å². The minimum Gasteiger partial charge on any atom is -0.491 e. The predicted molar refractivity (Wildman–Crippen MR) is 115 cm³/mol. The number of esters is 2. The molecule has 1 amide bonds. The molecule has 0 aliphatic carbocycles. The lowest BCUT2D eigenvalue weighted by molar-refractivity contribution is 0.0383. The smallest absolute Gasteiger partial charge is 0.418 e. The first-order chi connectivity index (χ1) is 14.9. The van der Waals surface area contributed by atoms with Crippen molar-refractivity contribution in [3.05, 3.63) is 57.8 Å². The Morgan fingerprint density at radius 1 is 1.00 bits per heavy atom. The van der Waals surface area contributed by atoms with Gasteiger partial charge in [0, 0.05) is 18.1 Å². The van der Waals surface area contributed by atoms with E-state index in [1.807, 2.05) is 0 Å². The summed E-state index contributed by atoms with van der Waals surface area (Å²) >= 11 is 0. The van der Waals surface area contributed by atoms with Crippen LogP contribution in [-0.2, 0) is 14.2 Å². The van der Waals surface area contributed by atoms with Crippen molar-refractivity contribution >= 4 is 23.7 Å². The molecule has 0 bridgehead atoms. The van der Waals surface area contributed by atoms with Gasteiger partial charge >= 0.3 is 18.0 Å². The SMILES string of the molecule is COC(=O)c1cn(C2=CN(C(=O)OC(C)(C)C)C(C)=CC=C2)c(C(=O)OC)c(OC)c1=O. The molecule has 0 atom stereocenters. The van der Waals surface area contributed by atoms with E-state index in [4.69, 9.17) is 14.2 Å². The maximum atomic E-state index is 12.8. The molecule has 0 saturated carbocycles. The van der Waals surface area contributed by atoms with Crippen LogP contribution in [0.25, 0.3) is 5.70 Å². The molecule has 0 unspecified atom stereocenters. The fourth-order valence-corrected chi connectivity index (χ4v) is 2.82. The van der Waals surface area contributed by atoms with E-state index in [1.165, 1.54) is 22.8 Å². The Morgan fingerprint density at radius 3 is 2.16 bits per heavy atom. The second-order valence-corrected chi connectivity index (χ2v) is 7.68. The Labute approximate surface area is 185 Å². The third kappa shape index (κ3) is 5.08. The van der Waals surface area contributed by atoms with Crippen LogP contribution in [0.5, 0.6) is 5.75 Å². The Hall–Kier alpha value is -3.82. The number of allylic oxidation sites excluding steroid dienone is 5. The number of ether oxygens (including phenoxy) is 4. The number of hydrogen-bond acceptors (Lipinski definition) is 8. The van der Waals surface area contributed by atoms with Gasteiger partial charge in [-0.3, -0.25) is 9.69 Å². The highest BCUT2D eigenvalue weighted by Gasteiger charge is 2.29. The van der Waals surface area contributed by atoms with Crippen molar-refractivity contribution in [1.82, 2.24) is 9.47 Å². The van der Waals surface area contributed by atoms with Crippen molar-refractivity contribution < 1.29 is 33.3 Å². The van der Waals surface area contributed by atoms with Gasteiger partial charge in [-0.25, -0.2) is 14.4 Å². The second-order valence-electron chi connectivity index (χ2n) is 7.68. The normalized spacial score (nSPS) is 13.5. The summed E-state index contributed by atoms with van der Waals surface area (Å²) in [5, 5.41) is 0. The molecule has 10 nitrogen and oxygen atoms in total. The molecule has 1 aliphatic heterocycles. The molecule has 172 valence electrons. The highest BCUT2D eigenvalue weighted by molar-refractivity contribution is 5.96. The Kier molecular flexibility index (Phi) is 7.29. The number of nitrogens with zero attached hydrogens (tertiary/aromatic N) is 2. The molecule has 2 rings (SSSR count). The number of pyridine rings is 1. The van der Waals surface area contributed by atoms with E-state index in [1.54, 1.807) is 45.9 Å². The molecule has 10 heteroatoms. The fraction of sp³-hybridized carbons (Fsp3) is 0.364. The molecule has 0 N–H and O–H groups in total. The van der Waals surface area contributed by atoms with Crippen LogP contribution in [-0.4, -0.2) is 54.4 Å². The van der Waals surface area contributed by atoms with Crippen LogP contribution < -0.4 is 10.2 Å². The minimum atomic E-state index is -0.921. The van der Waals surface area contributed by atoms with E-state index in [0.717, 1.165) is 20.4 Å². The van der Waals surface area contributed by atoms with Gasteiger partial charge in [0.15, 0.2) is 11.4 Å². The van der Waals surface area contributed by atoms with Gasteiger partial charge < -0.3 is 23.5 Å². The van der Waals surface area contributed by atoms with Gasteiger partial charge in [0.1, 0.15) is 11.2 Å². The van der Waals surface area contributed by atoms with Crippen molar-refractivity contribution in [2.24, 2.45) is 0 Å². The predicted octanol–water partition coefficient (Wildman–Crippen LogP) is 2.94. The number of rotatable bonds is 4. The molecule has 0 fully saturated rings. The summed E-state index contributed by atoms with van der Waals surface area (Å²) in [6.45, 7) is 6.89. The van der Waals surface area contributed by atoms with Crippen molar-refractivity contribution in [2.75, 3.05) is 21.3 Å².